The first-order chi connectivity index (χ1) is 20.4. The number of anilines is 2. The lowest BCUT2D eigenvalue weighted by molar-refractivity contribution is -0.148. The number of hydrogen-bond acceptors (Lipinski definition) is 9. The maximum atomic E-state index is 13.8. The van der Waals surface area contributed by atoms with E-state index in [0.29, 0.717) is 53.7 Å². The fraction of sp³-hybridized carbons (Fsp3) is 0.346. The fourth-order valence-corrected chi connectivity index (χ4v) is 5.53. The van der Waals surface area contributed by atoms with Gasteiger partial charge in [-0.05, 0) is 36.2 Å². The Kier molecular flexibility index (Phi) is 7.07. The van der Waals surface area contributed by atoms with E-state index in [0.717, 1.165) is 4.90 Å². The summed E-state index contributed by atoms with van der Waals surface area (Å²) in [7, 11) is 0. The van der Waals surface area contributed by atoms with Crippen LogP contribution in [-0.2, 0) is 38.8 Å². The number of hydrogen-bond donors (Lipinski definition) is 1. The minimum Gasteiger partial charge on any atom is -0.430 e. The number of morpholine rings is 1. The number of halogens is 7. The molecule has 1 saturated heterocycles. The number of ether oxygens (including phenoxy) is 2. The molecular weight excluding hydrogens is 608 g/mol. The summed E-state index contributed by atoms with van der Waals surface area (Å²) in [6.45, 7) is 1.64. The van der Waals surface area contributed by atoms with E-state index in [4.69, 9.17) is 21.1 Å². The Morgan fingerprint density at radius 3 is 2.21 bits per heavy atom. The van der Waals surface area contributed by atoms with Crippen LogP contribution in [0.4, 0.5) is 38.2 Å². The van der Waals surface area contributed by atoms with Crippen molar-refractivity contribution in [3.8, 4) is 0 Å². The average molecular weight is 628 g/mol. The number of alkyl halides is 6. The summed E-state index contributed by atoms with van der Waals surface area (Å²) in [4.78, 5) is 33.8. The Labute approximate surface area is 243 Å². The van der Waals surface area contributed by atoms with Gasteiger partial charge in [0.25, 0.3) is 12.2 Å². The first-order valence-corrected chi connectivity index (χ1v) is 13.2. The first-order valence-electron chi connectivity index (χ1n) is 12.8. The summed E-state index contributed by atoms with van der Waals surface area (Å²) in [5.74, 6) is -0.669. The summed E-state index contributed by atoms with van der Waals surface area (Å²) in [5.41, 5.74) is -4.59. The molecule has 4 aromatic rings. The Bertz CT molecular complexity index is 1640. The molecule has 0 bridgehead atoms. The molecule has 1 N–H and O–H groups in total. The van der Waals surface area contributed by atoms with Crippen molar-refractivity contribution in [3.63, 3.8) is 0 Å². The van der Waals surface area contributed by atoms with E-state index in [2.05, 4.69) is 24.9 Å². The summed E-state index contributed by atoms with van der Waals surface area (Å²) in [6, 6.07) is 4.71. The average Bonchev–Trinajstić information content (AvgIpc) is 3.35. The van der Waals surface area contributed by atoms with Crippen LogP contribution in [0.2, 0.25) is 5.02 Å². The van der Waals surface area contributed by atoms with Gasteiger partial charge in [0, 0.05) is 48.0 Å². The third-order valence-electron chi connectivity index (χ3n) is 7.25. The molecule has 0 amide bonds. The number of fused-ring (bicyclic) bond motifs is 3. The number of benzene rings is 1. The highest BCUT2D eigenvalue weighted by Gasteiger charge is 2.52. The van der Waals surface area contributed by atoms with Crippen LogP contribution < -0.4 is 9.80 Å². The lowest BCUT2D eigenvalue weighted by Crippen LogP contribution is -2.54. The van der Waals surface area contributed by atoms with Crippen molar-refractivity contribution >= 4 is 40.9 Å². The minimum atomic E-state index is -5.24. The number of rotatable bonds is 5. The zero-order valence-electron chi connectivity index (χ0n) is 21.8. The summed E-state index contributed by atoms with van der Waals surface area (Å²) in [6.07, 6.45) is -7.81. The number of nitrogens with zero attached hydrogens (tertiary/aromatic N) is 6. The summed E-state index contributed by atoms with van der Waals surface area (Å²) in [5, 5.41) is 1.00. The SMILES string of the molecule is O=COC1(c2cnc(N3CCOCC3)nc2)c2[nH]c3ccc(Cl)cc3c2CCN1c1nc(C(F)(F)F)cc(C(F)(F)F)n1. The number of nitrogens with one attached hydrogen (secondary N) is 1. The number of aromatic amines is 1. The number of carbonyl (C=O) groups is 1. The second-order valence-electron chi connectivity index (χ2n) is 9.73. The van der Waals surface area contributed by atoms with E-state index < -0.39 is 35.4 Å². The molecule has 2 aliphatic rings. The molecule has 10 nitrogen and oxygen atoms in total. The predicted molar refractivity (Wildman–Crippen MR) is 139 cm³/mol. The molecule has 17 heteroatoms. The van der Waals surface area contributed by atoms with Crippen LogP contribution in [0.3, 0.4) is 0 Å². The zero-order valence-corrected chi connectivity index (χ0v) is 22.6. The number of aromatic nitrogens is 5. The predicted octanol–water partition coefficient (Wildman–Crippen LogP) is 4.71. The number of H-pyrrole nitrogens is 1. The Morgan fingerprint density at radius 1 is 0.953 bits per heavy atom. The van der Waals surface area contributed by atoms with Gasteiger partial charge in [0.1, 0.15) is 0 Å². The van der Waals surface area contributed by atoms with Gasteiger partial charge in [0.2, 0.25) is 11.9 Å². The molecule has 1 atom stereocenters. The molecule has 1 fully saturated rings. The minimum absolute atomic E-state index is 0.0183. The van der Waals surface area contributed by atoms with Crippen molar-refractivity contribution in [1.82, 2.24) is 24.9 Å². The highest BCUT2D eigenvalue weighted by atomic mass is 35.5. The highest BCUT2D eigenvalue weighted by Crippen LogP contribution is 2.46. The van der Waals surface area contributed by atoms with Gasteiger partial charge in [0.05, 0.1) is 24.5 Å². The van der Waals surface area contributed by atoms with Gasteiger partial charge in [-0.2, -0.15) is 26.3 Å². The van der Waals surface area contributed by atoms with Crippen molar-refractivity contribution < 1.29 is 40.6 Å². The van der Waals surface area contributed by atoms with E-state index in [1.807, 2.05) is 4.90 Å². The van der Waals surface area contributed by atoms with Crippen LogP contribution in [0.15, 0.2) is 36.7 Å². The van der Waals surface area contributed by atoms with Gasteiger partial charge in [-0.25, -0.2) is 19.9 Å². The van der Waals surface area contributed by atoms with Crippen LogP contribution in [0, 0.1) is 0 Å². The second kappa shape index (κ2) is 10.5. The van der Waals surface area contributed by atoms with E-state index in [1.165, 1.54) is 12.4 Å². The zero-order chi connectivity index (χ0) is 30.6. The van der Waals surface area contributed by atoms with Gasteiger partial charge in [-0.1, -0.05) is 11.6 Å². The maximum absolute atomic E-state index is 13.8. The van der Waals surface area contributed by atoms with E-state index in [1.54, 1.807) is 18.2 Å². The van der Waals surface area contributed by atoms with Crippen LogP contribution in [-0.4, -0.2) is 64.2 Å². The van der Waals surface area contributed by atoms with Crippen molar-refractivity contribution in [1.29, 1.82) is 0 Å². The Hall–Kier alpha value is -4.18. The van der Waals surface area contributed by atoms with Crippen molar-refractivity contribution in [2.24, 2.45) is 0 Å². The molecule has 226 valence electrons. The van der Waals surface area contributed by atoms with Crippen LogP contribution >= 0.6 is 11.6 Å². The topological polar surface area (TPSA) is 109 Å². The van der Waals surface area contributed by atoms with Crippen molar-refractivity contribution in [3.05, 3.63) is 69.9 Å². The van der Waals surface area contributed by atoms with Gasteiger partial charge >= 0.3 is 12.4 Å². The largest absolute Gasteiger partial charge is 0.433 e. The first kappa shape index (κ1) is 28.9. The third-order valence-corrected chi connectivity index (χ3v) is 7.49. The second-order valence-corrected chi connectivity index (χ2v) is 10.2. The maximum Gasteiger partial charge on any atom is 0.433 e. The molecule has 6 rings (SSSR count). The van der Waals surface area contributed by atoms with Crippen LogP contribution in [0.5, 0.6) is 0 Å². The normalized spacial score (nSPS) is 19.4. The molecule has 0 saturated carbocycles. The fourth-order valence-electron chi connectivity index (χ4n) is 5.35. The third kappa shape index (κ3) is 5.07. The quantitative estimate of drug-likeness (QED) is 0.249. The highest BCUT2D eigenvalue weighted by molar-refractivity contribution is 6.31. The number of carbonyl (C=O) groups excluding carboxylic acids is 1. The molecule has 0 radical (unpaired) electrons. The van der Waals surface area contributed by atoms with Crippen molar-refractivity contribution in [2.75, 3.05) is 42.6 Å². The Balaban J connectivity index is 1.60. The molecule has 1 unspecified atom stereocenters. The summed E-state index contributed by atoms with van der Waals surface area (Å²) < 4.78 is 93.7. The molecule has 3 aromatic heterocycles. The lowest BCUT2D eigenvalue weighted by Gasteiger charge is -2.45. The molecule has 0 spiro atoms. The van der Waals surface area contributed by atoms with Crippen LogP contribution in [0.1, 0.15) is 28.2 Å². The molecule has 1 aromatic carbocycles. The molecule has 2 aliphatic heterocycles. The molecular formula is C26H20ClF6N7O3. The van der Waals surface area contributed by atoms with Gasteiger partial charge in [-0.15, -0.1) is 0 Å². The standard InChI is InChI=1S/C26H20ClF6N7O3/c27-15-1-2-18-17(9-15)16-3-4-40(23-37-19(25(28,29)30)10-20(38-23)26(31,32)33)24(43-13-41,21(16)36-18)14-11-34-22(35-12-14)39-5-7-42-8-6-39/h1-2,9-13,36H,3-8H2. The van der Waals surface area contributed by atoms with Crippen LogP contribution in [0.25, 0.3) is 10.9 Å². The lowest BCUT2D eigenvalue weighted by atomic mass is 9.90. The molecule has 5 heterocycles. The van der Waals surface area contributed by atoms with E-state index in [-0.39, 0.29) is 36.8 Å². The Morgan fingerprint density at radius 2 is 1.60 bits per heavy atom. The van der Waals surface area contributed by atoms with Gasteiger partial charge in [0.15, 0.2) is 11.4 Å². The van der Waals surface area contributed by atoms with E-state index >= 15 is 0 Å². The van der Waals surface area contributed by atoms with Gasteiger partial charge < -0.3 is 19.4 Å². The molecule has 0 aliphatic carbocycles. The van der Waals surface area contributed by atoms with Gasteiger partial charge in [-0.3, -0.25) is 9.69 Å². The monoisotopic (exact) mass is 627 g/mol. The van der Waals surface area contributed by atoms with E-state index in [9.17, 15) is 31.1 Å². The van der Waals surface area contributed by atoms with Crippen molar-refractivity contribution in [2.45, 2.75) is 24.5 Å². The summed E-state index contributed by atoms with van der Waals surface area (Å²) >= 11 is 6.23. The molecule has 43 heavy (non-hydrogen) atoms. The smallest absolute Gasteiger partial charge is 0.430 e.